The topological polar surface area (TPSA) is 395 Å². The number of nitro groups is 1. The second kappa shape index (κ2) is 40.0. The summed E-state index contributed by atoms with van der Waals surface area (Å²) < 4.78 is 17.9. The van der Waals surface area contributed by atoms with Crippen molar-refractivity contribution < 1.29 is 77.0 Å². The van der Waals surface area contributed by atoms with Crippen molar-refractivity contribution >= 4 is 195 Å². The third-order valence-corrected chi connectivity index (χ3v) is 17.5. The van der Waals surface area contributed by atoms with Crippen LogP contribution in [0.5, 0.6) is 17.2 Å². The van der Waals surface area contributed by atoms with Crippen LogP contribution in [-0.4, -0.2) is 94.0 Å². The summed E-state index contributed by atoms with van der Waals surface area (Å²) >= 11 is 24.4. The molecule has 9 aromatic rings. The number of carbonyl (C=O) groups excluding carboxylic acids is 10. The van der Waals surface area contributed by atoms with Crippen LogP contribution in [0.25, 0.3) is 32.3 Å². The number of primary amides is 3. The number of carboxylic acids is 1. The molecular formula is C77H78Br3Cl3N6O17. The predicted octanol–water partition coefficient (Wildman–Crippen LogP) is 16.9. The van der Waals surface area contributed by atoms with Crippen LogP contribution in [0, 0.1) is 10.1 Å². The van der Waals surface area contributed by atoms with Gasteiger partial charge < -0.3 is 47.6 Å². The molecule has 0 bridgehead atoms. The minimum absolute atomic E-state index is 0.0247. The molecule has 106 heavy (non-hydrogen) atoms. The van der Waals surface area contributed by atoms with Crippen LogP contribution >= 0.6 is 82.6 Å². The molecule has 0 atom stereocenters. The van der Waals surface area contributed by atoms with E-state index in [0.29, 0.717) is 38.9 Å². The molecule has 9 aromatic carbocycles. The summed E-state index contributed by atoms with van der Waals surface area (Å²) in [6, 6.07) is 41.5. The SMILES string of the molecule is CCC.COc1c(C(N)=O)cc(C(C)(C)C)cc1[N+](=O)[O-].COc1c(N)cc(C(C)(C)C)cc1C(N)=O.COc1c(NC(=O)C(=O)c2ccc(Br)c3ccccc23)cc(C(C)(C)C)cc1C(N)=O.O=C(Cl)C(=O)Cl.O=C(Cl)C(=O)c1ccc(Br)c2ccccc12.O=C(O)C(=O)c1ccc(Br)c2ccccc12. The molecule has 0 spiro atoms. The van der Waals surface area contributed by atoms with Gasteiger partial charge in [-0.1, -0.05) is 203 Å². The maximum absolute atomic E-state index is 13.0. The molecule has 23 nitrogen and oxygen atoms in total. The van der Waals surface area contributed by atoms with Gasteiger partial charge in [-0.05, 0) is 167 Å². The summed E-state index contributed by atoms with van der Waals surface area (Å²) in [5.41, 5.74) is 25.2. The van der Waals surface area contributed by atoms with E-state index in [9.17, 15) is 62.9 Å². The fourth-order valence-electron chi connectivity index (χ4n) is 9.54. The van der Waals surface area contributed by atoms with Crippen LogP contribution in [0.1, 0.15) is 161 Å². The highest BCUT2D eigenvalue weighted by Gasteiger charge is 2.29. The van der Waals surface area contributed by atoms with Crippen LogP contribution in [0.2, 0.25) is 0 Å². The zero-order chi connectivity index (χ0) is 80.8. The summed E-state index contributed by atoms with van der Waals surface area (Å²) in [7, 11) is 4.11. The first-order chi connectivity index (χ1) is 49.3. The van der Waals surface area contributed by atoms with Gasteiger partial charge in [0.1, 0.15) is 0 Å². The Morgan fingerprint density at radius 3 is 1.05 bits per heavy atom. The Labute approximate surface area is 651 Å². The third-order valence-electron chi connectivity index (χ3n) is 14.8. The van der Waals surface area contributed by atoms with Gasteiger partial charge in [0.25, 0.3) is 40.4 Å². The van der Waals surface area contributed by atoms with Crippen molar-refractivity contribution in [2.45, 2.75) is 98.8 Å². The number of nitrogen functional groups attached to an aromatic ring is 1. The number of nitrogens with zero attached hydrogens (tertiary/aromatic N) is 1. The number of fused-ring (bicyclic) bond motifs is 3. The fraction of sp³-hybridized carbons (Fsp3) is 0.234. The van der Waals surface area contributed by atoms with E-state index in [1.54, 1.807) is 78.9 Å². The average molecular weight is 1710 g/mol. The standard InChI is InChI=1S/C24H23BrN2O4.C12H6BrClO2.C12H7BrO3.C12H16N2O4.C12H18N2O2.C3H8.C2Cl2O2/c1-24(2,3)13-11-17(22(26)29)21(31-4)19(12-13)27-23(30)20(28)16-9-10-18(25)15-8-6-5-7-14(15)16;13-10-6-5-9(11(15)12(14)16)7-3-1-2-4-8(7)10;13-10-6-5-9(11(14)12(15)16)7-3-1-2-4-8(7)10;1-12(2,3)7-5-8(11(13)15)10(18-4)9(6-7)14(16)17;1-12(2,3)7-5-8(11(14)15)10(16-4)9(13)6-7;1-3-2;3-1(5)2(4)6/h5-12H,1-4H3,(H2,26,29)(H,27,30);1-6H;1-6H,(H,15,16);5-6H,1-4H3,(H2,13,15);5-6H,13H2,1-4H3,(H2,14,15);3H2,1-2H3;. The van der Waals surface area contributed by atoms with Crippen LogP contribution < -0.4 is 42.5 Å². The lowest BCUT2D eigenvalue weighted by molar-refractivity contribution is -0.385. The molecule has 0 fully saturated rings. The summed E-state index contributed by atoms with van der Waals surface area (Å²) in [4.78, 5) is 134. The van der Waals surface area contributed by atoms with Gasteiger partial charge in [-0.25, -0.2) is 4.79 Å². The first-order valence-corrected chi connectivity index (χ1v) is 35.0. The molecule has 0 saturated carbocycles. The number of halogens is 6. The Balaban J connectivity index is 0.000000343. The number of carboxylic acid groups (broad SMARTS) is 1. The summed E-state index contributed by atoms with van der Waals surface area (Å²) in [5, 5.41) is 23.6. The first kappa shape index (κ1) is 90.3. The number of carbonyl (C=O) groups is 11. The highest BCUT2D eigenvalue weighted by Crippen LogP contribution is 2.39. The Morgan fingerprint density at radius 1 is 0.443 bits per heavy atom. The molecule has 0 aliphatic heterocycles. The molecule has 0 saturated heterocycles. The van der Waals surface area contributed by atoms with E-state index in [0.717, 1.165) is 46.1 Å². The lowest BCUT2D eigenvalue weighted by Crippen LogP contribution is -2.25. The van der Waals surface area contributed by atoms with E-state index < -0.39 is 67.6 Å². The molecule has 560 valence electrons. The number of nitrogens with one attached hydrogen (secondary N) is 1. The number of aliphatic carboxylic acids is 1. The Kier molecular flexibility index (Phi) is 34.0. The van der Waals surface area contributed by atoms with Crippen molar-refractivity contribution in [1.82, 2.24) is 0 Å². The first-order valence-electron chi connectivity index (χ1n) is 31.5. The van der Waals surface area contributed by atoms with E-state index in [1.807, 2.05) is 111 Å². The lowest BCUT2D eigenvalue weighted by atomic mass is 9.85. The van der Waals surface area contributed by atoms with E-state index in [4.69, 9.17) is 53.9 Å². The number of ether oxygens (including phenoxy) is 3. The molecule has 0 aliphatic rings. The number of nitro benzene ring substituents is 1. The third kappa shape index (κ3) is 24.6. The van der Waals surface area contributed by atoms with Gasteiger partial charge in [-0.2, -0.15) is 0 Å². The van der Waals surface area contributed by atoms with E-state index in [-0.39, 0.29) is 61.4 Å². The molecule has 10 N–H and O–H groups in total. The molecular weight excluding hydrogens is 1630 g/mol. The largest absolute Gasteiger partial charge is 0.494 e. The number of anilines is 2. The quantitative estimate of drug-likeness (QED) is 0.0139. The smallest absolute Gasteiger partial charge is 0.377 e. The van der Waals surface area contributed by atoms with Gasteiger partial charge in [0, 0.05) is 36.2 Å². The Bertz CT molecular complexity index is 4740. The van der Waals surface area contributed by atoms with Crippen molar-refractivity contribution in [1.29, 1.82) is 0 Å². The summed E-state index contributed by atoms with van der Waals surface area (Å²) in [6.07, 6.45) is 1.25. The predicted molar refractivity (Wildman–Crippen MR) is 424 cm³/mol. The highest BCUT2D eigenvalue weighted by molar-refractivity contribution is 9.11. The van der Waals surface area contributed by atoms with E-state index >= 15 is 0 Å². The zero-order valence-electron chi connectivity index (χ0n) is 60.1. The molecule has 0 radical (unpaired) electrons. The molecule has 0 unspecified atom stereocenters. The molecule has 9 rings (SSSR count). The number of ketones is 3. The van der Waals surface area contributed by atoms with E-state index in [2.05, 4.69) is 90.2 Å². The molecule has 0 aromatic heterocycles. The van der Waals surface area contributed by atoms with Crippen LogP contribution in [0.15, 0.2) is 159 Å². The van der Waals surface area contributed by atoms with Gasteiger partial charge in [0.15, 0.2) is 11.5 Å². The maximum atomic E-state index is 13.0. The summed E-state index contributed by atoms with van der Waals surface area (Å²) in [6.45, 7) is 21.9. The van der Waals surface area contributed by atoms with E-state index in [1.165, 1.54) is 45.9 Å². The second-order valence-corrected chi connectivity index (χ2v) is 29.2. The Morgan fingerprint density at radius 2 is 0.745 bits per heavy atom. The van der Waals surface area contributed by atoms with Crippen LogP contribution in [0.4, 0.5) is 17.1 Å². The van der Waals surface area contributed by atoms with Gasteiger partial charge in [0.05, 0.1) is 54.3 Å². The number of hydrogen-bond donors (Lipinski definition) is 6. The summed E-state index contributed by atoms with van der Waals surface area (Å²) in [5.74, 6) is -6.15. The number of nitrogens with two attached hydrogens (primary N) is 4. The average Bonchev–Trinajstić information content (AvgIpc) is 0.833. The van der Waals surface area contributed by atoms with Gasteiger partial charge in [-0.3, -0.25) is 58.1 Å². The van der Waals surface area contributed by atoms with Crippen LogP contribution in [0.3, 0.4) is 0 Å². The van der Waals surface area contributed by atoms with Crippen molar-refractivity contribution in [2.24, 2.45) is 17.2 Å². The van der Waals surface area contributed by atoms with Crippen molar-refractivity contribution in [3.8, 4) is 17.2 Å². The van der Waals surface area contributed by atoms with Gasteiger partial charge in [-0.15, -0.1) is 0 Å². The lowest BCUT2D eigenvalue weighted by Gasteiger charge is -2.23. The number of Topliss-reactive ketones (excluding diaryl/α,β-unsaturated/α-hetero) is 3. The molecule has 0 heterocycles. The monoisotopic (exact) mass is 1700 g/mol. The number of methoxy groups -OCH3 is 3. The normalized spacial score (nSPS) is 10.6. The van der Waals surface area contributed by atoms with Crippen molar-refractivity contribution in [3.63, 3.8) is 0 Å². The molecule has 0 aliphatic carbocycles. The van der Waals surface area contributed by atoms with Crippen LogP contribution in [-0.2, 0) is 40.2 Å². The minimum atomic E-state index is -1.44. The van der Waals surface area contributed by atoms with Gasteiger partial charge >= 0.3 is 22.1 Å². The number of hydrogen-bond acceptors (Lipinski definition) is 17. The van der Waals surface area contributed by atoms with Crippen molar-refractivity contribution in [3.05, 3.63) is 219 Å². The number of benzene rings is 9. The Hall–Kier alpha value is -9.96. The van der Waals surface area contributed by atoms with Crippen molar-refractivity contribution in [2.75, 3.05) is 32.4 Å². The molecule has 29 heteroatoms. The fourth-order valence-corrected chi connectivity index (χ4v) is 11.1. The number of rotatable bonds is 15. The molecule has 4 amide bonds. The number of amides is 4. The second-order valence-electron chi connectivity index (χ2n) is 25.6. The highest BCUT2D eigenvalue weighted by atomic mass is 79.9. The maximum Gasteiger partial charge on any atom is 0.377 e. The minimum Gasteiger partial charge on any atom is -0.494 e. The van der Waals surface area contributed by atoms with Gasteiger partial charge in [0.2, 0.25) is 11.5 Å². The zero-order valence-corrected chi connectivity index (χ0v) is 67.1.